The molecule has 3 rings (SSSR count). The van der Waals surface area contributed by atoms with Gasteiger partial charge in [-0.1, -0.05) is 0 Å². The molecule has 0 bridgehead atoms. The Morgan fingerprint density at radius 2 is 2.16 bits per heavy atom. The number of rotatable bonds is 6. The molecule has 0 spiro atoms. The number of piperidine rings is 1. The lowest BCUT2D eigenvalue weighted by Gasteiger charge is -2.40. The number of carbonyl (C=O) groups excluding carboxylic acids is 1. The molecular weight excluding hydrogens is 324 g/mol. The van der Waals surface area contributed by atoms with E-state index in [0.717, 1.165) is 0 Å². The standard InChI is InChI=1S/C17H22N4O4/c1-25-9-3-7-17(16(23)24)6-2-8-21(11-17)15(22)12-4-5-13-14(10-12)19-20-18-13/h4-5,10H,2-3,6-9,11H2,1H3,(H,23,24)(H,18,19,20)/t17-/m1/s1. The molecule has 1 aromatic carbocycles. The number of ether oxygens (including phenoxy) is 1. The van der Waals surface area contributed by atoms with Crippen molar-refractivity contribution in [3.63, 3.8) is 0 Å². The van der Waals surface area contributed by atoms with Gasteiger partial charge in [-0.25, -0.2) is 0 Å². The summed E-state index contributed by atoms with van der Waals surface area (Å²) in [6.45, 7) is 1.31. The summed E-state index contributed by atoms with van der Waals surface area (Å²) in [6, 6.07) is 5.12. The quantitative estimate of drug-likeness (QED) is 0.771. The maximum atomic E-state index is 12.9. The number of hydrogen-bond donors (Lipinski definition) is 2. The molecule has 0 aliphatic carbocycles. The summed E-state index contributed by atoms with van der Waals surface area (Å²) < 4.78 is 5.05. The van der Waals surface area contributed by atoms with E-state index in [1.807, 2.05) is 0 Å². The molecule has 1 aromatic heterocycles. The summed E-state index contributed by atoms with van der Waals surface area (Å²) in [5.41, 5.74) is 0.909. The number of benzene rings is 1. The van der Waals surface area contributed by atoms with E-state index in [2.05, 4.69) is 15.4 Å². The number of likely N-dealkylation sites (tertiary alicyclic amines) is 1. The van der Waals surface area contributed by atoms with Crippen LogP contribution in [0.2, 0.25) is 0 Å². The van der Waals surface area contributed by atoms with Crippen molar-refractivity contribution < 1.29 is 19.4 Å². The van der Waals surface area contributed by atoms with Gasteiger partial charge in [0.2, 0.25) is 0 Å². The summed E-state index contributed by atoms with van der Waals surface area (Å²) >= 11 is 0. The van der Waals surface area contributed by atoms with Gasteiger partial charge in [-0.05, 0) is 43.9 Å². The predicted octanol–water partition coefficient (Wildman–Crippen LogP) is 1.69. The van der Waals surface area contributed by atoms with Crippen LogP contribution >= 0.6 is 0 Å². The van der Waals surface area contributed by atoms with Crippen LogP contribution in [-0.4, -0.2) is 64.1 Å². The molecule has 2 heterocycles. The Balaban J connectivity index is 1.78. The molecule has 1 saturated heterocycles. The first-order chi connectivity index (χ1) is 12.1. The van der Waals surface area contributed by atoms with Crippen LogP contribution in [0.3, 0.4) is 0 Å². The zero-order chi connectivity index (χ0) is 17.9. The largest absolute Gasteiger partial charge is 0.481 e. The van der Waals surface area contributed by atoms with Crippen molar-refractivity contribution in [1.82, 2.24) is 20.3 Å². The fourth-order valence-electron chi connectivity index (χ4n) is 3.50. The molecule has 2 N–H and O–H groups in total. The number of amides is 1. The summed E-state index contributed by atoms with van der Waals surface area (Å²) in [5.74, 6) is -1.00. The number of hydrogen-bond acceptors (Lipinski definition) is 5. The van der Waals surface area contributed by atoms with E-state index in [9.17, 15) is 14.7 Å². The van der Waals surface area contributed by atoms with E-state index in [-0.39, 0.29) is 12.5 Å². The second-order valence-electron chi connectivity index (χ2n) is 6.54. The third-order valence-corrected chi connectivity index (χ3v) is 4.88. The monoisotopic (exact) mass is 346 g/mol. The van der Waals surface area contributed by atoms with E-state index in [1.165, 1.54) is 0 Å². The van der Waals surface area contributed by atoms with Gasteiger partial charge in [-0.15, -0.1) is 0 Å². The lowest BCUT2D eigenvalue weighted by atomic mass is 9.76. The lowest BCUT2D eigenvalue weighted by molar-refractivity contribution is -0.152. The minimum Gasteiger partial charge on any atom is -0.481 e. The van der Waals surface area contributed by atoms with Crippen molar-refractivity contribution in [2.75, 3.05) is 26.8 Å². The van der Waals surface area contributed by atoms with Crippen molar-refractivity contribution in [2.24, 2.45) is 5.41 Å². The average Bonchev–Trinajstić information content (AvgIpc) is 3.09. The van der Waals surface area contributed by atoms with E-state index >= 15 is 0 Å². The highest BCUT2D eigenvalue weighted by atomic mass is 16.5. The highest BCUT2D eigenvalue weighted by Gasteiger charge is 2.43. The highest BCUT2D eigenvalue weighted by molar-refractivity contribution is 5.97. The molecule has 2 aromatic rings. The number of methoxy groups -OCH3 is 1. The summed E-state index contributed by atoms with van der Waals surface area (Å²) in [5, 5.41) is 20.3. The Bertz CT molecular complexity index is 775. The Kier molecular flexibility index (Phi) is 4.98. The van der Waals surface area contributed by atoms with Gasteiger partial charge in [0.25, 0.3) is 5.91 Å². The fourth-order valence-corrected chi connectivity index (χ4v) is 3.50. The van der Waals surface area contributed by atoms with Crippen molar-refractivity contribution in [1.29, 1.82) is 0 Å². The number of aromatic amines is 1. The van der Waals surface area contributed by atoms with E-state index < -0.39 is 11.4 Å². The van der Waals surface area contributed by atoms with Crippen LogP contribution in [-0.2, 0) is 9.53 Å². The third-order valence-electron chi connectivity index (χ3n) is 4.88. The maximum Gasteiger partial charge on any atom is 0.311 e. The number of H-pyrrole nitrogens is 1. The number of carbonyl (C=O) groups is 2. The molecule has 1 fully saturated rings. The molecule has 0 saturated carbocycles. The van der Waals surface area contributed by atoms with Crippen molar-refractivity contribution in [2.45, 2.75) is 25.7 Å². The van der Waals surface area contributed by atoms with Gasteiger partial charge in [0.1, 0.15) is 11.0 Å². The zero-order valence-corrected chi connectivity index (χ0v) is 14.2. The molecule has 1 atom stereocenters. The molecule has 1 amide bonds. The number of nitrogens with zero attached hydrogens (tertiary/aromatic N) is 3. The van der Waals surface area contributed by atoms with Gasteiger partial charge < -0.3 is 14.7 Å². The van der Waals surface area contributed by atoms with E-state index in [4.69, 9.17) is 4.74 Å². The zero-order valence-electron chi connectivity index (χ0n) is 14.2. The van der Waals surface area contributed by atoms with Crippen molar-refractivity contribution in [3.8, 4) is 0 Å². The molecule has 134 valence electrons. The summed E-state index contributed by atoms with van der Waals surface area (Å²) in [6.07, 6.45) is 2.42. The third kappa shape index (κ3) is 3.48. The highest BCUT2D eigenvalue weighted by Crippen LogP contribution is 2.35. The maximum absolute atomic E-state index is 12.9. The lowest BCUT2D eigenvalue weighted by Crippen LogP contribution is -2.50. The Labute approximate surface area is 145 Å². The van der Waals surface area contributed by atoms with Gasteiger partial charge in [0.05, 0.1) is 5.41 Å². The number of carboxylic acids is 1. The average molecular weight is 346 g/mol. The van der Waals surface area contributed by atoms with Gasteiger partial charge in [0.15, 0.2) is 0 Å². The van der Waals surface area contributed by atoms with Crippen LogP contribution in [0, 0.1) is 5.41 Å². The minimum absolute atomic E-state index is 0.165. The Hall–Kier alpha value is -2.48. The van der Waals surface area contributed by atoms with Crippen molar-refractivity contribution in [3.05, 3.63) is 23.8 Å². The fraction of sp³-hybridized carbons (Fsp3) is 0.529. The molecule has 0 radical (unpaired) electrons. The molecule has 1 aliphatic rings. The van der Waals surface area contributed by atoms with Gasteiger partial charge in [-0.2, -0.15) is 15.4 Å². The van der Waals surface area contributed by atoms with Crippen LogP contribution in [0.4, 0.5) is 0 Å². The number of carboxylic acid groups (broad SMARTS) is 1. The van der Waals surface area contributed by atoms with Crippen LogP contribution in [0.15, 0.2) is 18.2 Å². The van der Waals surface area contributed by atoms with Crippen LogP contribution in [0.25, 0.3) is 11.0 Å². The second kappa shape index (κ2) is 7.18. The number of aromatic nitrogens is 3. The topological polar surface area (TPSA) is 108 Å². The molecule has 8 nitrogen and oxygen atoms in total. The van der Waals surface area contributed by atoms with Gasteiger partial charge >= 0.3 is 5.97 Å². The molecule has 8 heteroatoms. The first-order valence-corrected chi connectivity index (χ1v) is 8.38. The first kappa shape index (κ1) is 17.3. The molecular formula is C17H22N4O4. The summed E-state index contributed by atoms with van der Waals surface area (Å²) in [4.78, 5) is 26.4. The number of fused-ring (bicyclic) bond motifs is 1. The second-order valence-corrected chi connectivity index (χ2v) is 6.54. The SMILES string of the molecule is COCCC[C@]1(C(=O)O)CCCN(C(=O)c2ccc3n[nH]nc3c2)C1. The van der Waals surface area contributed by atoms with Crippen molar-refractivity contribution >= 4 is 22.9 Å². The Morgan fingerprint density at radius 1 is 1.36 bits per heavy atom. The van der Waals surface area contributed by atoms with Gasteiger partial charge in [-0.3, -0.25) is 9.59 Å². The molecule has 1 aliphatic heterocycles. The smallest absolute Gasteiger partial charge is 0.311 e. The van der Waals surface area contributed by atoms with Crippen LogP contribution < -0.4 is 0 Å². The first-order valence-electron chi connectivity index (χ1n) is 8.38. The number of nitrogens with one attached hydrogen (secondary N) is 1. The predicted molar refractivity (Wildman–Crippen MR) is 90.2 cm³/mol. The summed E-state index contributed by atoms with van der Waals surface area (Å²) in [7, 11) is 1.60. The number of aliphatic carboxylic acids is 1. The van der Waals surface area contributed by atoms with E-state index in [0.29, 0.717) is 55.4 Å². The minimum atomic E-state index is -0.898. The Morgan fingerprint density at radius 3 is 2.92 bits per heavy atom. The molecule has 25 heavy (non-hydrogen) atoms. The van der Waals surface area contributed by atoms with Crippen LogP contribution in [0.5, 0.6) is 0 Å². The normalized spacial score (nSPS) is 20.8. The molecule has 0 unspecified atom stereocenters. The van der Waals surface area contributed by atoms with Gasteiger partial charge in [0, 0.05) is 32.4 Å². The van der Waals surface area contributed by atoms with E-state index in [1.54, 1.807) is 30.2 Å². The van der Waals surface area contributed by atoms with Crippen LogP contribution in [0.1, 0.15) is 36.0 Å².